The summed E-state index contributed by atoms with van der Waals surface area (Å²) in [5, 5.41) is 3.64. The first kappa shape index (κ1) is 12.9. The standard InChI is InChI=1S/C12H18N2OS2/c1-3-9-8(2)17-11(13-9)14-10(15)6-12(7-16)4-5-12/h16H,3-7H2,1-2H3,(H,13,14,15). The Morgan fingerprint density at radius 2 is 2.29 bits per heavy atom. The van der Waals surface area contributed by atoms with Gasteiger partial charge >= 0.3 is 0 Å². The molecule has 1 fully saturated rings. The van der Waals surface area contributed by atoms with Crippen LogP contribution in [0.5, 0.6) is 0 Å². The van der Waals surface area contributed by atoms with Crippen molar-refractivity contribution < 1.29 is 4.79 Å². The summed E-state index contributed by atoms with van der Waals surface area (Å²) in [4.78, 5) is 17.5. The predicted octanol–water partition coefficient (Wildman–Crippen LogP) is 3.05. The lowest BCUT2D eigenvalue weighted by Gasteiger charge is -2.09. The maximum atomic E-state index is 11.9. The van der Waals surface area contributed by atoms with Gasteiger partial charge in [-0.1, -0.05) is 6.92 Å². The highest BCUT2D eigenvalue weighted by molar-refractivity contribution is 7.80. The summed E-state index contributed by atoms with van der Waals surface area (Å²) in [5.41, 5.74) is 1.26. The summed E-state index contributed by atoms with van der Waals surface area (Å²) in [6.45, 7) is 4.12. The number of hydrogen-bond acceptors (Lipinski definition) is 4. The molecule has 1 heterocycles. The molecular formula is C12H18N2OS2. The van der Waals surface area contributed by atoms with Gasteiger partial charge in [-0.2, -0.15) is 12.6 Å². The van der Waals surface area contributed by atoms with Crippen LogP contribution in [0.2, 0.25) is 0 Å². The minimum Gasteiger partial charge on any atom is -0.302 e. The number of nitrogens with one attached hydrogen (secondary N) is 1. The van der Waals surface area contributed by atoms with Gasteiger partial charge in [-0.25, -0.2) is 4.98 Å². The van der Waals surface area contributed by atoms with E-state index >= 15 is 0 Å². The highest BCUT2D eigenvalue weighted by Crippen LogP contribution is 2.49. The van der Waals surface area contributed by atoms with E-state index in [0.717, 1.165) is 35.8 Å². The number of carbonyl (C=O) groups excluding carboxylic acids is 1. The first-order valence-corrected chi connectivity index (χ1v) is 7.40. The summed E-state index contributed by atoms with van der Waals surface area (Å²) in [5.74, 6) is 0.880. The molecular weight excluding hydrogens is 252 g/mol. The average molecular weight is 270 g/mol. The van der Waals surface area contributed by atoms with Gasteiger partial charge < -0.3 is 5.32 Å². The molecule has 1 aliphatic rings. The monoisotopic (exact) mass is 270 g/mol. The summed E-state index contributed by atoms with van der Waals surface area (Å²) >= 11 is 5.87. The van der Waals surface area contributed by atoms with Crippen molar-refractivity contribution in [3.05, 3.63) is 10.6 Å². The van der Waals surface area contributed by atoms with Crippen molar-refractivity contribution in [2.75, 3.05) is 11.1 Å². The Kier molecular flexibility index (Phi) is 3.78. The highest BCUT2D eigenvalue weighted by Gasteiger charge is 2.42. The van der Waals surface area contributed by atoms with Crippen molar-refractivity contribution in [2.45, 2.75) is 39.5 Å². The van der Waals surface area contributed by atoms with Gasteiger partial charge in [0.1, 0.15) is 0 Å². The third-order valence-corrected chi connectivity index (χ3v) is 4.90. The minimum absolute atomic E-state index is 0.0768. The van der Waals surface area contributed by atoms with E-state index in [9.17, 15) is 4.79 Å². The predicted molar refractivity (Wildman–Crippen MR) is 75.0 cm³/mol. The Hall–Kier alpha value is -0.550. The van der Waals surface area contributed by atoms with Crippen molar-refractivity contribution in [3.8, 4) is 0 Å². The molecule has 0 unspecified atom stereocenters. The van der Waals surface area contributed by atoms with Crippen LogP contribution in [0.15, 0.2) is 0 Å². The lowest BCUT2D eigenvalue weighted by atomic mass is 10.1. The van der Waals surface area contributed by atoms with Crippen LogP contribution in [0.1, 0.15) is 36.8 Å². The molecule has 1 aromatic heterocycles. The van der Waals surface area contributed by atoms with Crippen molar-refractivity contribution >= 4 is 35.0 Å². The summed E-state index contributed by atoms with van der Waals surface area (Å²) in [6, 6.07) is 0. The van der Waals surface area contributed by atoms with Gasteiger partial charge in [-0.15, -0.1) is 11.3 Å². The Bertz CT molecular complexity index is 424. The van der Waals surface area contributed by atoms with E-state index in [0.29, 0.717) is 6.42 Å². The second-order valence-electron chi connectivity index (χ2n) is 4.76. The SMILES string of the molecule is CCc1nc(NC(=O)CC2(CS)CC2)sc1C. The summed E-state index contributed by atoms with van der Waals surface area (Å²) in [6.07, 6.45) is 3.75. The Labute approximate surface area is 111 Å². The molecule has 0 radical (unpaired) electrons. The van der Waals surface area contributed by atoms with Gasteiger partial charge in [0.15, 0.2) is 5.13 Å². The van der Waals surface area contributed by atoms with E-state index in [2.05, 4.69) is 29.9 Å². The molecule has 0 aliphatic heterocycles. The molecule has 3 nitrogen and oxygen atoms in total. The highest BCUT2D eigenvalue weighted by atomic mass is 32.1. The zero-order chi connectivity index (χ0) is 12.5. The lowest BCUT2D eigenvalue weighted by molar-refractivity contribution is -0.117. The maximum Gasteiger partial charge on any atom is 0.226 e. The number of carbonyl (C=O) groups is 1. The molecule has 0 saturated heterocycles. The van der Waals surface area contributed by atoms with Crippen LogP contribution in [-0.2, 0) is 11.2 Å². The molecule has 1 aliphatic carbocycles. The second kappa shape index (κ2) is 4.98. The molecule has 1 amide bonds. The molecule has 0 aromatic carbocycles. The van der Waals surface area contributed by atoms with E-state index in [1.165, 1.54) is 4.88 Å². The third kappa shape index (κ3) is 3.01. The van der Waals surface area contributed by atoms with E-state index < -0.39 is 0 Å². The number of nitrogens with zero attached hydrogens (tertiary/aromatic N) is 1. The number of anilines is 1. The molecule has 1 N–H and O–H groups in total. The molecule has 94 valence electrons. The van der Waals surface area contributed by atoms with Gasteiger partial charge in [-0.3, -0.25) is 4.79 Å². The van der Waals surface area contributed by atoms with Gasteiger partial charge in [0.25, 0.3) is 0 Å². The number of thiol groups is 1. The van der Waals surface area contributed by atoms with Gasteiger partial charge in [0.05, 0.1) is 5.69 Å². The molecule has 5 heteroatoms. The molecule has 2 rings (SSSR count). The van der Waals surface area contributed by atoms with E-state index in [4.69, 9.17) is 0 Å². The van der Waals surface area contributed by atoms with Crippen molar-refractivity contribution in [3.63, 3.8) is 0 Å². The first-order valence-electron chi connectivity index (χ1n) is 5.95. The van der Waals surface area contributed by atoms with Crippen LogP contribution in [-0.4, -0.2) is 16.6 Å². The van der Waals surface area contributed by atoms with Crippen LogP contribution in [0.25, 0.3) is 0 Å². The fourth-order valence-electron chi connectivity index (χ4n) is 1.88. The Morgan fingerprint density at radius 1 is 1.59 bits per heavy atom. The van der Waals surface area contributed by atoms with Gasteiger partial charge in [-0.05, 0) is 37.4 Å². The normalized spacial score (nSPS) is 16.9. The fraction of sp³-hybridized carbons (Fsp3) is 0.667. The molecule has 0 atom stereocenters. The molecule has 1 saturated carbocycles. The van der Waals surface area contributed by atoms with Crippen LogP contribution in [0.3, 0.4) is 0 Å². The number of hydrogen-bond donors (Lipinski definition) is 2. The fourth-order valence-corrected chi connectivity index (χ4v) is 3.23. The number of amides is 1. The van der Waals surface area contributed by atoms with E-state index in [1.807, 2.05) is 6.92 Å². The average Bonchev–Trinajstić information content (AvgIpc) is 2.97. The molecule has 0 spiro atoms. The topological polar surface area (TPSA) is 42.0 Å². The van der Waals surface area contributed by atoms with Crippen molar-refractivity contribution in [1.82, 2.24) is 4.98 Å². The first-order chi connectivity index (χ1) is 8.08. The number of rotatable bonds is 5. The molecule has 0 bridgehead atoms. The van der Waals surface area contributed by atoms with Crippen molar-refractivity contribution in [2.24, 2.45) is 5.41 Å². The van der Waals surface area contributed by atoms with E-state index in [1.54, 1.807) is 11.3 Å². The summed E-state index contributed by atoms with van der Waals surface area (Å²) < 4.78 is 0. The Morgan fingerprint density at radius 3 is 2.76 bits per heavy atom. The maximum absolute atomic E-state index is 11.9. The quantitative estimate of drug-likeness (QED) is 0.808. The third-order valence-electron chi connectivity index (χ3n) is 3.30. The number of thiazole rings is 1. The molecule has 17 heavy (non-hydrogen) atoms. The smallest absolute Gasteiger partial charge is 0.226 e. The molecule has 1 aromatic rings. The van der Waals surface area contributed by atoms with Gasteiger partial charge in [0, 0.05) is 11.3 Å². The van der Waals surface area contributed by atoms with Crippen LogP contribution < -0.4 is 5.32 Å². The second-order valence-corrected chi connectivity index (χ2v) is 6.28. The van der Waals surface area contributed by atoms with Crippen LogP contribution in [0, 0.1) is 12.3 Å². The van der Waals surface area contributed by atoms with Gasteiger partial charge in [0.2, 0.25) is 5.91 Å². The zero-order valence-corrected chi connectivity index (χ0v) is 12.0. The number of aromatic nitrogens is 1. The van der Waals surface area contributed by atoms with Crippen molar-refractivity contribution in [1.29, 1.82) is 0 Å². The minimum atomic E-state index is 0.0768. The lowest BCUT2D eigenvalue weighted by Crippen LogP contribution is -2.18. The largest absolute Gasteiger partial charge is 0.302 e. The number of aryl methyl sites for hydroxylation is 2. The Balaban J connectivity index is 1.93. The summed E-state index contributed by atoms with van der Waals surface area (Å²) in [7, 11) is 0. The zero-order valence-electron chi connectivity index (χ0n) is 10.2. The van der Waals surface area contributed by atoms with E-state index in [-0.39, 0.29) is 11.3 Å². The van der Waals surface area contributed by atoms with Crippen LogP contribution >= 0.6 is 24.0 Å². The van der Waals surface area contributed by atoms with Crippen LogP contribution in [0.4, 0.5) is 5.13 Å².